The van der Waals surface area contributed by atoms with Gasteiger partial charge in [-0.2, -0.15) is 10.5 Å². The van der Waals surface area contributed by atoms with Crippen molar-refractivity contribution < 1.29 is 0 Å². The zero-order valence-corrected chi connectivity index (χ0v) is 9.07. The lowest BCUT2D eigenvalue weighted by atomic mass is 9.66. The molecule has 0 aromatic heterocycles. The molecule has 0 aromatic carbocycles. The van der Waals surface area contributed by atoms with Crippen molar-refractivity contribution in [3.63, 3.8) is 0 Å². The number of hydrogen-bond acceptors (Lipinski definition) is 2. The third-order valence-corrected chi connectivity index (χ3v) is 3.86. The Balaban J connectivity index is 1.93. The van der Waals surface area contributed by atoms with Crippen LogP contribution in [0.25, 0.3) is 0 Å². The normalized spacial score (nSPS) is 37.6. The summed E-state index contributed by atoms with van der Waals surface area (Å²) < 4.78 is 0. The molecule has 15 heavy (non-hydrogen) atoms. The van der Waals surface area contributed by atoms with Crippen LogP contribution in [0.2, 0.25) is 0 Å². The van der Waals surface area contributed by atoms with Gasteiger partial charge < -0.3 is 0 Å². The fraction of sp³-hybridized carbons (Fsp3) is 0.538. The second-order valence-corrected chi connectivity index (χ2v) is 4.61. The molecule has 2 rings (SSSR count). The maximum absolute atomic E-state index is 8.74. The van der Waals surface area contributed by atoms with Crippen LogP contribution in [0.4, 0.5) is 0 Å². The van der Waals surface area contributed by atoms with E-state index in [1.54, 1.807) is 0 Å². The quantitative estimate of drug-likeness (QED) is 0.685. The zero-order chi connectivity index (χ0) is 11.0. The molecule has 76 valence electrons. The molecule has 0 aromatic rings. The van der Waals surface area contributed by atoms with E-state index < -0.39 is 0 Å². The number of nitrogens with zero attached hydrogens (tertiary/aromatic N) is 2. The van der Waals surface area contributed by atoms with E-state index in [0.717, 1.165) is 17.6 Å². The van der Waals surface area contributed by atoms with E-state index in [4.69, 9.17) is 10.5 Å². The SMILES string of the molecule is CC1C(C#N)=CC1CC1C=C(C#N)C1C. The maximum Gasteiger partial charge on any atom is 0.0946 e. The van der Waals surface area contributed by atoms with Gasteiger partial charge in [0.25, 0.3) is 0 Å². The Morgan fingerprint density at radius 2 is 1.40 bits per heavy atom. The third-order valence-electron chi connectivity index (χ3n) is 3.86. The van der Waals surface area contributed by atoms with Gasteiger partial charge in [0.05, 0.1) is 12.1 Å². The Bertz CT molecular complexity index is 377. The van der Waals surface area contributed by atoms with Crippen LogP contribution in [-0.4, -0.2) is 0 Å². The molecule has 0 heterocycles. The maximum atomic E-state index is 8.74. The van der Waals surface area contributed by atoms with Crippen molar-refractivity contribution in [2.24, 2.45) is 23.7 Å². The van der Waals surface area contributed by atoms with Crippen molar-refractivity contribution in [1.29, 1.82) is 10.5 Å². The van der Waals surface area contributed by atoms with Gasteiger partial charge in [0.1, 0.15) is 0 Å². The van der Waals surface area contributed by atoms with E-state index in [1.165, 1.54) is 0 Å². The Labute approximate surface area is 90.5 Å². The smallest absolute Gasteiger partial charge is 0.0946 e. The fourth-order valence-corrected chi connectivity index (χ4v) is 2.41. The molecule has 0 spiro atoms. The summed E-state index contributed by atoms with van der Waals surface area (Å²) in [5.41, 5.74) is 1.85. The van der Waals surface area contributed by atoms with Crippen LogP contribution in [0.3, 0.4) is 0 Å². The summed E-state index contributed by atoms with van der Waals surface area (Å²) >= 11 is 0. The number of hydrogen-bond donors (Lipinski definition) is 0. The van der Waals surface area contributed by atoms with Crippen molar-refractivity contribution in [2.75, 3.05) is 0 Å². The zero-order valence-electron chi connectivity index (χ0n) is 9.07. The van der Waals surface area contributed by atoms with Crippen molar-refractivity contribution in [1.82, 2.24) is 0 Å². The van der Waals surface area contributed by atoms with Crippen LogP contribution >= 0.6 is 0 Å². The van der Waals surface area contributed by atoms with E-state index in [1.807, 2.05) is 0 Å². The minimum Gasteiger partial charge on any atom is -0.193 e. The molecule has 2 heteroatoms. The topological polar surface area (TPSA) is 47.6 Å². The van der Waals surface area contributed by atoms with E-state index in [0.29, 0.717) is 23.7 Å². The highest BCUT2D eigenvalue weighted by Crippen LogP contribution is 2.43. The van der Waals surface area contributed by atoms with Crippen molar-refractivity contribution >= 4 is 0 Å². The third kappa shape index (κ3) is 1.47. The van der Waals surface area contributed by atoms with Gasteiger partial charge in [-0.25, -0.2) is 0 Å². The number of allylic oxidation sites excluding steroid dienone is 4. The van der Waals surface area contributed by atoms with Crippen molar-refractivity contribution in [3.05, 3.63) is 23.3 Å². The summed E-state index contributed by atoms with van der Waals surface area (Å²) in [7, 11) is 0. The Morgan fingerprint density at radius 1 is 1.00 bits per heavy atom. The van der Waals surface area contributed by atoms with Gasteiger partial charge in [-0.3, -0.25) is 0 Å². The molecule has 2 aliphatic carbocycles. The van der Waals surface area contributed by atoms with Crippen molar-refractivity contribution in [3.8, 4) is 12.1 Å². The summed E-state index contributed by atoms with van der Waals surface area (Å²) in [4.78, 5) is 0. The first-order valence-electron chi connectivity index (χ1n) is 5.41. The summed E-state index contributed by atoms with van der Waals surface area (Å²) in [6.45, 7) is 4.23. The van der Waals surface area contributed by atoms with E-state index in [-0.39, 0.29) is 0 Å². The number of rotatable bonds is 2. The van der Waals surface area contributed by atoms with Crippen LogP contribution in [0, 0.1) is 46.3 Å². The molecular formula is C13H14N2. The lowest BCUT2D eigenvalue weighted by Gasteiger charge is -2.37. The number of nitriles is 2. The molecule has 0 aliphatic heterocycles. The molecular weight excluding hydrogens is 184 g/mol. The first-order chi connectivity index (χ1) is 7.17. The van der Waals surface area contributed by atoms with Gasteiger partial charge in [-0.05, 0) is 30.1 Å². The van der Waals surface area contributed by atoms with Gasteiger partial charge in [-0.15, -0.1) is 0 Å². The van der Waals surface area contributed by atoms with Crippen LogP contribution in [0.5, 0.6) is 0 Å². The van der Waals surface area contributed by atoms with E-state index in [9.17, 15) is 0 Å². The highest BCUT2D eigenvalue weighted by atomic mass is 14.4. The monoisotopic (exact) mass is 198 g/mol. The largest absolute Gasteiger partial charge is 0.193 e. The molecule has 0 N–H and O–H groups in total. The Morgan fingerprint density at radius 3 is 1.67 bits per heavy atom. The molecule has 0 bridgehead atoms. The summed E-state index contributed by atoms with van der Waals surface area (Å²) in [5.74, 6) is 1.93. The van der Waals surface area contributed by atoms with Gasteiger partial charge in [0, 0.05) is 11.1 Å². The van der Waals surface area contributed by atoms with Gasteiger partial charge in [0.2, 0.25) is 0 Å². The first-order valence-corrected chi connectivity index (χ1v) is 5.41. The molecule has 0 fully saturated rings. The second-order valence-electron chi connectivity index (χ2n) is 4.61. The standard InChI is InChI=1S/C13H14N2/c1-8-10(4-12(8)6-14)3-11-5-13(7-15)9(11)2/h4-5,8-11H,3H2,1-2H3. The molecule has 0 saturated carbocycles. The average molecular weight is 198 g/mol. The van der Waals surface area contributed by atoms with Gasteiger partial charge in [0.15, 0.2) is 0 Å². The molecule has 2 aliphatic rings. The van der Waals surface area contributed by atoms with Crippen LogP contribution in [0.1, 0.15) is 20.3 Å². The highest BCUT2D eigenvalue weighted by Gasteiger charge is 2.35. The minimum atomic E-state index is 0.418. The minimum absolute atomic E-state index is 0.418. The van der Waals surface area contributed by atoms with Crippen LogP contribution < -0.4 is 0 Å². The molecule has 4 unspecified atom stereocenters. The predicted octanol–water partition coefficient (Wildman–Crippen LogP) is 2.81. The van der Waals surface area contributed by atoms with Crippen LogP contribution in [0.15, 0.2) is 23.3 Å². The molecule has 4 atom stereocenters. The second kappa shape index (κ2) is 3.55. The predicted molar refractivity (Wildman–Crippen MR) is 57.3 cm³/mol. The summed E-state index contributed by atoms with van der Waals surface area (Å²) in [5, 5.41) is 17.5. The molecule has 0 amide bonds. The molecule has 2 nitrogen and oxygen atoms in total. The Hall–Kier alpha value is -1.54. The summed E-state index contributed by atoms with van der Waals surface area (Å²) in [6.07, 6.45) is 5.25. The van der Waals surface area contributed by atoms with Crippen LogP contribution in [-0.2, 0) is 0 Å². The Kier molecular flexibility index (Phi) is 2.37. The first kappa shape index (κ1) is 9.99. The summed E-state index contributed by atoms with van der Waals surface area (Å²) in [6, 6.07) is 4.43. The highest BCUT2D eigenvalue weighted by molar-refractivity contribution is 5.37. The fourth-order valence-electron chi connectivity index (χ4n) is 2.41. The molecule has 0 radical (unpaired) electrons. The lowest BCUT2D eigenvalue weighted by molar-refractivity contribution is 0.306. The molecule has 0 saturated heterocycles. The average Bonchev–Trinajstić information content (AvgIpc) is 2.25. The van der Waals surface area contributed by atoms with Gasteiger partial charge >= 0.3 is 0 Å². The van der Waals surface area contributed by atoms with E-state index >= 15 is 0 Å². The van der Waals surface area contributed by atoms with Gasteiger partial charge in [-0.1, -0.05) is 26.0 Å². The van der Waals surface area contributed by atoms with Crippen molar-refractivity contribution in [2.45, 2.75) is 20.3 Å². The lowest BCUT2D eigenvalue weighted by Crippen LogP contribution is -2.29. The van der Waals surface area contributed by atoms with E-state index in [2.05, 4.69) is 38.1 Å².